The van der Waals surface area contributed by atoms with E-state index in [0.717, 1.165) is 0 Å². The van der Waals surface area contributed by atoms with Crippen molar-refractivity contribution in [1.82, 2.24) is 4.31 Å². The lowest BCUT2D eigenvalue weighted by atomic mass is 10.0. The van der Waals surface area contributed by atoms with Crippen molar-refractivity contribution >= 4 is 19.9 Å². The Bertz CT molecular complexity index is 265. The average molecular weight is 210 g/mol. The van der Waals surface area contributed by atoms with Gasteiger partial charge in [-0.25, -0.2) is 0 Å². The largest absolute Gasteiger partial charge is 0.299 e. The fourth-order valence-electron chi connectivity index (χ4n) is 2.37. The molecule has 1 aliphatic heterocycles. The summed E-state index contributed by atoms with van der Waals surface area (Å²) in [6.45, 7) is 1.30. The number of halogens is 1. The zero-order valence-corrected chi connectivity index (χ0v) is 8.31. The van der Waals surface area contributed by atoms with Crippen molar-refractivity contribution in [2.45, 2.75) is 19.3 Å². The van der Waals surface area contributed by atoms with Crippen LogP contribution in [-0.2, 0) is 9.24 Å². The average Bonchev–Trinajstić information content (AvgIpc) is 2.37. The lowest BCUT2D eigenvalue weighted by molar-refractivity contribution is 0.457. The van der Waals surface area contributed by atoms with E-state index in [0.29, 0.717) is 24.9 Å². The molecule has 1 saturated carbocycles. The second kappa shape index (κ2) is 2.86. The normalized spacial score (nSPS) is 37.1. The molecular formula is C7H12ClNO2S. The summed E-state index contributed by atoms with van der Waals surface area (Å²) in [5, 5.41) is 0. The van der Waals surface area contributed by atoms with Crippen molar-refractivity contribution in [3.63, 3.8) is 0 Å². The highest BCUT2D eigenvalue weighted by atomic mass is 35.7. The van der Waals surface area contributed by atoms with Crippen molar-refractivity contribution < 1.29 is 8.42 Å². The highest BCUT2D eigenvalue weighted by Crippen LogP contribution is 2.39. The quantitative estimate of drug-likeness (QED) is 0.609. The van der Waals surface area contributed by atoms with E-state index in [1.54, 1.807) is 0 Å². The van der Waals surface area contributed by atoms with E-state index in [2.05, 4.69) is 0 Å². The van der Waals surface area contributed by atoms with E-state index in [-0.39, 0.29) is 0 Å². The van der Waals surface area contributed by atoms with Gasteiger partial charge in [-0.1, -0.05) is 6.42 Å². The SMILES string of the molecule is O=S(=O)(Cl)N1C[C@H]2CCC[C@H]2C1. The second-order valence-corrected chi connectivity index (χ2v) is 6.22. The molecule has 1 heterocycles. The van der Waals surface area contributed by atoms with E-state index >= 15 is 0 Å². The molecule has 0 spiro atoms. The molecule has 0 N–H and O–H groups in total. The van der Waals surface area contributed by atoms with Crippen molar-refractivity contribution in [3.8, 4) is 0 Å². The third-order valence-electron chi connectivity index (χ3n) is 3.00. The number of nitrogens with zero attached hydrogens (tertiary/aromatic N) is 1. The van der Waals surface area contributed by atoms with Crippen LogP contribution in [-0.4, -0.2) is 25.8 Å². The molecule has 2 rings (SSSR count). The molecule has 2 fully saturated rings. The Kier molecular flexibility index (Phi) is 2.09. The van der Waals surface area contributed by atoms with Crippen LogP contribution >= 0.6 is 10.7 Å². The van der Waals surface area contributed by atoms with E-state index < -0.39 is 9.24 Å². The van der Waals surface area contributed by atoms with Gasteiger partial charge in [0.25, 0.3) is 9.24 Å². The minimum atomic E-state index is -3.44. The maximum Gasteiger partial charge on any atom is 0.299 e. The highest BCUT2D eigenvalue weighted by Gasteiger charge is 2.40. The Morgan fingerprint density at radius 1 is 1.17 bits per heavy atom. The van der Waals surface area contributed by atoms with Crippen molar-refractivity contribution in [2.24, 2.45) is 11.8 Å². The van der Waals surface area contributed by atoms with Gasteiger partial charge in [0.2, 0.25) is 0 Å². The number of rotatable bonds is 1. The Morgan fingerprint density at radius 2 is 1.67 bits per heavy atom. The monoisotopic (exact) mass is 209 g/mol. The first-order chi connectivity index (χ1) is 5.57. The van der Waals surface area contributed by atoms with Crippen molar-refractivity contribution in [1.29, 1.82) is 0 Å². The summed E-state index contributed by atoms with van der Waals surface area (Å²) in [7, 11) is 1.81. The molecule has 0 amide bonds. The van der Waals surface area contributed by atoms with Crippen LogP contribution in [0.1, 0.15) is 19.3 Å². The van der Waals surface area contributed by atoms with Crippen LogP contribution in [0, 0.1) is 11.8 Å². The Balaban J connectivity index is 2.09. The molecule has 0 aromatic heterocycles. The van der Waals surface area contributed by atoms with E-state index in [1.165, 1.54) is 23.6 Å². The number of hydrogen-bond acceptors (Lipinski definition) is 2. The molecule has 2 aliphatic rings. The molecule has 0 unspecified atom stereocenters. The third kappa shape index (κ3) is 1.47. The Morgan fingerprint density at radius 3 is 2.08 bits per heavy atom. The molecule has 1 saturated heterocycles. The van der Waals surface area contributed by atoms with Crippen LogP contribution in [0.15, 0.2) is 0 Å². The van der Waals surface area contributed by atoms with Crippen LogP contribution in [0.25, 0.3) is 0 Å². The number of hydrogen-bond donors (Lipinski definition) is 0. The molecule has 12 heavy (non-hydrogen) atoms. The van der Waals surface area contributed by atoms with Crippen LogP contribution in [0.2, 0.25) is 0 Å². The first-order valence-electron chi connectivity index (χ1n) is 4.27. The van der Waals surface area contributed by atoms with Gasteiger partial charge in [-0.3, -0.25) is 0 Å². The maximum atomic E-state index is 11.0. The molecular weight excluding hydrogens is 198 g/mol. The zero-order chi connectivity index (χ0) is 8.77. The lowest BCUT2D eigenvalue weighted by Crippen LogP contribution is -2.25. The third-order valence-corrected chi connectivity index (χ3v) is 4.50. The number of fused-ring (bicyclic) bond motifs is 1. The molecule has 3 nitrogen and oxygen atoms in total. The molecule has 0 bridgehead atoms. The molecule has 1 aliphatic carbocycles. The van der Waals surface area contributed by atoms with Crippen LogP contribution in [0.4, 0.5) is 0 Å². The van der Waals surface area contributed by atoms with Gasteiger partial charge in [0.15, 0.2) is 0 Å². The predicted molar refractivity (Wildman–Crippen MR) is 47.2 cm³/mol. The Labute approximate surface area is 77.2 Å². The first kappa shape index (κ1) is 8.78. The summed E-state index contributed by atoms with van der Waals surface area (Å²) in [5.41, 5.74) is 0. The smallest absolute Gasteiger partial charge is 0.195 e. The van der Waals surface area contributed by atoms with Crippen LogP contribution in [0.3, 0.4) is 0 Å². The zero-order valence-electron chi connectivity index (χ0n) is 6.74. The standard InChI is InChI=1S/C7H12ClNO2S/c8-12(10,11)9-4-6-2-1-3-7(6)5-9/h6-7H,1-5H2/t6-,7+. The van der Waals surface area contributed by atoms with Gasteiger partial charge in [-0.05, 0) is 24.7 Å². The van der Waals surface area contributed by atoms with Gasteiger partial charge < -0.3 is 0 Å². The second-order valence-electron chi connectivity index (χ2n) is 3.71. The topological polar surface area (TPSA) is 37.4 Å². The fourth-order valence-corrected chi connectivity index (χ4v) is 3.45. The van der Waals surface area contributed by atoms with Crippen molar-refractivity contribution in [3.05, 3.63) is 0 Å². The summed E-state index contributed by atoms with van der Waals surface area (Å²) in [6, 6.07) is 0. The molecule has 0 aromatic rings. The summed E-state index contributed by atoms with van der Waals surface area (Å²) in [6.07, 6.45) is 3.60. The predicted octanol–water partition coefficient (Wildman–Crippen LogP) is 1.20. The van der Waals surface area contributed by atoms with Gasteiger partial charge in [0, 0.05) is 23.8 Å². The van der Waals surface area contributed by atoms with Crippen LogP contribution < -0.4 is 0 Å². The molecule has 2 atom stereocenters. The van der Waals surface area contributed by atoms with Gasteiger partial charge in [-0.15, -0.1) is 0 Å². The minimum Gasteiger partial charge on any atom is -0.195 e. The van der Waals surface area contributed by atoms with Gasteiger partial charge in [0.1, 0.15) is 0 Å². The summed E-state index contributed by atoms with van der Waals surface area (Å²) in [5.74, 6) is 1.16. The van der Waals surface area contributed by atoms with Crippen LogP contribution in [0.5, 0.6) is 0 Å². The fraction of sp³-hybridized carbons (Fsp3) is 1.00. The summed E-state index contributed by atoms with van der Waals surface area (Å²) >= 11 is 0. The van der Waals surface area contributed by atoms with E-state index in [4.69, 9.17) is 10.7 Å². The molecule has 70 valence electrons. The molecule has 0 aromatic carbocycles. The summed E-state index contributed by atoms with van der Waals surface area (Å²) in [4.78, 5) is 0. The van der Waals surface area contributed by atoms with Gasteiger partial charge in [0.05, 0.1) is 0 Å². The van der Waals surface area contributed by atoms with E-state index in [1.807, 2.05) is 0 Å². The van der Waals surface area contributed by atoms with E-state index in [9.17, 15) is 8.42 Å². The minimum absolute atomic E-state index is 0.582. The molecule has 0 radical (unpaired) electrons. The maximum absolute atomic E-state index is 11.0. The summed E-state index contributed by atoms with van der Waals surface area (Å²) < 4.78 is 23.3. The van der Waals surface area contributed by atoms with Gasteiger partial charge >= 0.3 is 0 Å². The first-order valence-corrected chi connectivity index (χ1v) is 6.54. The van der Waals surface area contributed by atoms with Crippen molar-refractivity contribution in [2.75, 3.05) is 13.1 Å². The molecule has 5 heteroatoms. The lowest BCUT2D eigenvalue weighted by Gasteiger charge is -2.10. The Hall–Kier alpha value is 0.200. The highest BCUT2D eigenvalue weighted by molar-refractivity contribution is 8.11. The van der Waals surface area contributed by atoms with Gasteiger partial charge in [-0.2, -0.15) is 12.7 Å².